The van der Waals surface area contributed by atoms with Crippen molar-refractivity contribution in [3.8, 4) is 0 Å². The summed E-state index contributed by atoms with van der Waals surface area (Å²) in [5, 5.41) is 0. The lowest BCUT2D eigenvalue weighted by atomic mass is 10.1. The Labute approximate surface area is 147 Å². The molecule has 0 saturated carbocycles. The van der Waals surface area contributed by atoms with E-state index < -0.39 is 10.1 Å². The van der Waals surface area contributed by atoms with Crippen molar-refractivity contribution in [2.24, 2.45) is 0 Å². The van der Waals surface area contributed by atoms with Crippen LogP contribution < -0.4 is 4.90 Å². The summed E-state index contributed by atoms with van der Waals surface area (Å²) in [5.74, 6) is -0.140. The molecule has 0 amide bonds. The summed E-state index contributed by atoms with van der Waals surface area (Å²) >= 11 is 1.80. The normalized spacial score (nSPS) is 13.5. The summed E-state index contributed by atoms with van der Waals surface area (Å²) in [6.45, 7) is 0.903. The van der Waals surface area contributed by atoms with Crippen molar-refractivity contribution in [1.82, 2.24) is 0 Å². The third kappa shape index (κ3) is 4.32. The fraction of sp³-hybridized carbons (Fsp3) is 0.333. The van der Waals surface area contributed by atoms with E-state index in [1.807, 2.05) is 0 Å². The van der Waals surface area contributed by atoms with Gasteiger partial charge in [-0.25, -0.2) is 0 Å². The molecule has 0 fully saturated rings. The fourth-order valence-corrected chi connectivity index (χ4v) is 4.59. The van der Waals surface area contributed by atoms with E-state index in [4.69, 9.17) is 4.55 Å². The zero-order valence-electron chi connectivity index (χ0n) is 13.4. The van der Waals surface area contributed by atoms with Crippen LogP contribution in [0, 0.1) is 0 Å². The van der Waals surface area contributed by atoms with Gasteiger partial charge in [0.2, 0.25) is 0 Å². The molecule has 0 saturated heterocycles. The van der Waals surface area contributed by atoms with Gasteiger partial charge in [-0.1, -0.05) is 48.9 Å². The van der Waals surface area contributed by atoms with Crippen molar-refractivity contribution in [3.63, 3.8) is 0 Å². The summed E-state index contributed by atoms with van der Waals surface area (Å²) in [7, 11) is -3.82. The van der Waals surface area contributed by atoms with Gasteiger partial charge in [-0.05, 0) is 37.1 Å². The van der Waals surface area contributed by atoms with E-state index in [0.29, 0.717) is 6.42 Å². The van der Waals surface area contributed by atoms with Crippen molar-refractivity contribution < 1.29 is 13.0 Å². The first-order valence-corrected chi connectivity index (χ1v) is 10.6. The van der Waals surface area contributed by atoms with Crippen LogP contribution >= 0.6 is 11.8 Å². The van der Waals surface area contributed by atoms with E-state index in [0.717, 1.165) is 25.8 Å². The van der Waals surface area contributed by atoms with Gasteiger partial charge in [0.05, 0.1) is 17.1 Å². The number of nitrogens with zero attached hydrogens (tertiary/aromatic N) is 1. The molecule has 128 valence electrons. The van der Waals surface area contributed by atoms with Crippen molar-refractivity contribution >= 4 is 33.3 Å². The Morgan fingerprint density at radius 1 is 0.833 bits per heavy atom. The summed E-state index contributed by atoms with van der Waals surface area (Å²) in [6.07, 6.45) is 3.26. The summed E-state index contributed by atoms with van der Waals surface area (Å²) < 4.78 is 30.2. The molecular formula is C18H21NO3S2. The lowest BCUT2D eigenvalue weighted by Gasteiger charge is -2.32. The number of hydrogen-bond donors (Lipinski definition) is 1. The van der Waals surface area contributed by atoms with Crippen LogP contribution in [0.3, 0.4) is 0 Å². The first-order chi connectivity index (χ1) is 11.5. The number of anilines is 2. The maximum absolute atomic E-state index is 10.7. The first kappa shape index (κ1) is 17.3. The summed E-state index contributed by atoms with van der Waals surface area (Å²) in [4.78, 5) is 4.88. The number of benzene rings is 2. The van der Waals surface area contributed by atoms with Crippen LogP contribution in [0.5, 0.6) is 0 Å². The lowest BCUT2D eigenvalue weighted by Crippen LogP contribution is -2.21. The Morgan fingerprint density at radius 3 is 1.96 bits per heavy atom. The molecule has 0 bridgehead atoms. The molecule has 2 aromatic rings. The molecule has 0 radical (unpaired) electrons. The maximum Gasteiger partial charge on any atom is 0.264 e. The number of unbranched alkanes of at least 4 members (excludes halogenated alkanes) is 3. The van der Waals surface area contributed by atoms with Gasteiger partial charge in [-0.15, -0.1) is 0 Å². The second-order valence-corrected chi connectivity index (χ2v) is 8.55. The molecule has 0 aliphatic carbocycles. The standard InChI is InChI=1S/C18H21NO3S2/c20-24(21,22)14-8-2-1-7-13-19-15-9-3-5-11-17(15)23-18-12-6-4-10-16(18)19/h3-6,9-12H,1-2,7-8,13-14H2,(H,20,21,22). The maximum atomic E-state index is 10.7. The van der Waals surface area contributed by atoms with Crippen LogP contribution in [0.25, 0.3) is 0 Å². The van der Waals surface area contributed by atoms with E-state index in [9.17, 15) is 8.42 Å². The van der Waals surface area contributed by atoms with Crippen LogP contribution in [0.1, 0.15) is 25.7 Å². The molecule has 6 heteroatoms. The highest BCUT2D eigenvalue weighted by Crippen LogP contribution is 2.47. The first-order valence-electron chi connectivity index (χ1n) is 8.13. The molecule has 1 heterocycles. The molecule has 24 heavy (non-hydrogen) atoms. The van der Waals surface area contributed by atoms with Crippen molar-refractivity contribution in [2.45, 2.75) is 35.5 Å². The minimum Gasteiger partial charge on any atom is -0.340 e. The van der Waals surface area contributed by atoms with Gasteiger partial charge in [0, 0.05) is 16.3 Å². The zero-order valence-corrected chi connectivity index (χ0v) is 15.0. The molecular weight excluding hydrogens is 342 g/mol. The molecule has 0 atom stereocenters. The molecule has 1 aliphatic rings. The highest BCUT2D eigenvalue weighted by molar-refractivity contribution is 7.99. The van der Waals surface area contributed by atoms with Gasteiger partial charge >= 0.3 is 0 Å². The van der Waals surface area contributed by atoms with E-state index in [-0.39, 0.29) is 5.75 Å². The molecule has 1 N–H and O–H groups in total. The fourth-order valence-electron chi connectivity index (χ4n) is 2.93. The predicted octanol–water partition coefficient (Wildman–Crippen LogP) is 4.74. The SMILES string of the molecule is O=S(=O)(O)CCCCCCN1c2ccccc2Sc2ccccc21. The minimum atomic E-state index is -3.82. The van der Waals surface area contributed by atoms with Crippen LogP contribution in [0.2, 0.25) is 0 Å². The Kier molecular flexibility index (Phi) is 5.48. The Morgan fingerprint density at radius 2 is 1.38 bits per heavy atom. The van der Waals surface area contributed by atoms with E-state index in [1.54, 1.807) is 11.8 Å². The van der Waals surface area contributed by atoms with Gasteiger partial charge in [-0.3, -0.25) is 4.55 Å². The van der Waals surface area contributed by atoms with Crippen LogP contribution in [-0.2, 0) is 10.1 Å². The lowest BCUT2D eigenvalue weighted by molar-refractivity contribution is 0.479. The summed E-state index contributed by atoms with van der Waals surface area (Å²) in [5.41, 5.74) is 2.47. The number of rotatable bonds is 7. The smallest absolute Gasteiger partial charge is 0.264 e. The summed E-state index contributed by atoms with van der Waals surface area (Å²) in [6, 6.07) is 16.8. The van der Waals surface area contributed by atoms with Crippen molar-refractivity contribution in [1.29, 1.82) is 0 Å². The van der Waals surface area contributed by atoms with Crippen molar-refractivity contribution in [2.75, 3.05) is 17.2 Å². The largest absolute Gasteiger partial charge is 0.340 e. The molecule has 0 aromatic heterocycles. The average molecular weight is 364 g/mol. The van der Waals surface area contributed by atoms with Crippen molar-refractivity contribution in [3.05, 3.63) is 48.5 Å². The molecule has 1 aliphatic heterocycles. The molecule has 0 spiro atoms. The predicted molar refractivity (Wildman–Crippen MR) is 98.9 cm³/mol. The third-order valence-corrected chi connectivity index (χ3v) is 6.00. The Balaban J connectivity index is 1.63. The highest BCUT2D eigenvalue weighted by Gasteiger charge is 2.22. The van der Waals surface area contributed by atoms with Gasteiger partial charge in [-0.2, -0.15) is 8.42 Å². The van der Waals surface area contributed by atoms with Crippen LogP contribution in [0.4, 0.5) is 11.4 Å². The second-order valence-electron chi connectivity index (χ2n) is 5.89. The third-order valence-electron chi connectivity index (χ3n) is 4.07. The number of hydrogen-bond acceptors (Lipinski definition) is 4. The number of fused-ring (bicyclic) bond motifs is 2. The monoisotopic (exact) mass is 363 g/mol. The van der Waals surface area contributed by atoms with Gasteiger partial charge < -0.3 is 4.90 Å². The highest BCUT2D eigenvalue weighted by atomic mass is 32.2. The molecule has 2 aromatic carbocycles. The molecule has 0 unspecified atom stereocenters. The number of para-hydroxylation sites is 2. The van der Waals surface area contributed by atoms with Gasteiger partial charge in [0.1, 0.15) is 0 Å². The van der Waals surface area contributed by atoms with E-state index in [2.05, 4.69) is 53.4 Å². The average Bonchev–Trinajstić information content (AvgIpc) is 2.56. The quantitative estimate of drug-likeness (QED) is 0.569. The van der Waals surface area contributed by atoms with E-state index >= 15 is 0 Å². The van der Waals surface area contributed by atoms with Gasteiger partial charge in [0.15, 0.2) is 0 Å². The Hall–Kier alpha value is -1.50. The van der Waals surface area contributed by atoms with Crippen LogP contribution in [0.15, 0.2) is 58.3 Å². The van der Waals surface area contributed by atoms with E-state index in [1.165, 1.54) is 21.2 Å². The van der Waals surface area contributed by atoms with Crippen LogP contribution in [-0.4, -0.2) is 25.3 Å². The Bertz CT molecular complexity index is 760. The molecule has 4 nitrogen and oxygen atoms in total. The molecule has 3 rings (SSSR count). The second kappa shape index (κ2) is 7.59. The van der Waals surface area contributed by atoms with Gasteiger partial charge in [0.25, 0.3) is 10.1 Å². The zero-order chi connectivity index (χ0) is 17.0. The minimum absolute atomic E-state index is 0.140. The topological polar surface area (TPSA) is 57.6 Å².